The summed E-state index contributed by atoms with van der Waals surface area (Å²) >= 11 is 0. The molecule has 84 valence electrons. The molecule has 0 fully saturated rings. The molecule has 0 heterocycles. The smallest absolute Gasteiger partial charge is 0.124 e. The third-order valence-electron chi connectivity index (χ3n) is 2.14. The van der Waals surface area contributed by atoms with Crippen molar-refractivity contribution in [1.82, 2.24) is 0 Å². The van der Waals surface area contributed by atoms with Crippen LogP contribution >= 0.6 is 0 Å². The Hall–Kier alpha value is -1.06. The molecular weight excluding hydrogens is 190 g/mol. The second-order valence-corrected chi connectivity index (χ2v) is 3.99. The Kier molecular flexibility index (Phi) is 4.12. The highest BCUT2D eigenvalue weighted by Gasteiger charge is 2.09. The van der Waals surface area contributed by atoms with Gasteiger partial charge in [-0.15, -0.1) is 0 Å². The second-order valence-electron chi connectivity index (χ2n) is 3.99. The zero-order valence-corrected chi connectivity index (χ0v) is 9.53. The number of hydrogen-bond donors (Lipinski definition) is 2. The van der Waals surface area contributed by atoms with Crippen molar-refractivity contribution in [2.45, 2.75) is 32.9 Å². The minimum Gasteiger partial charge on any atom is -0.491 e. The number of aliphatic hydroxyl groups is 1. The van der Waals surface area contributed by atoms with Crippen molar-refractivity contribution in [3.8, 4) is 5.75 Å². The number of hydrogen-bond acceptors (Lipinski definition) is 3. The van der Waals surface area contributed by atoms with Crippen LogP contribution in [0.1, 0.15) is 31.0 Å². The summed E-state index contributed by atoms with van der Waals surface area (Å²) in [5.41, 5.74) is 7.99. The van der Waals surface area contributed by atoms with Gasteiger partial charge < -0.3 is 15.6 Å². The lowest BCUT2D eigenvalue weighted by Crippen LogP contribution is -2.15. The van der Waals surface area contributed by atoms with Gasteiger partial charge in [-0.2, -0.15) is 0 Å². The first-order valence-corrected chi connectivity index (χ1v) is 5.17. The van der Waals surface area contributed by atoms with E-state index >= 15 is 0 Å². The van der Waals surface area contributed by atoms with Gasteiger partial charge in [0.25, 0.3) is 0 Å². The van der Waals surface area contributed by atoms with E-state index in [0.717, 1.165) is 16.9 Å². The molecule has 2 atom stereocenters. The average Bonchev–Trinajstić information content (AvgIpc) is 2.15. The zero-order chi connectivity index (χ0) is 11.4. The maximum atomic E-state index is 9.14. The zero-order valence-electron chi connectivity index (χ0n) is 9.53. The summed E-state index contributed by atoms with van der Waals surface area (Å²) in [6.07, 6.45) is -0.466. The lowest BCUT2D eigenvalue weighted by Gasteiger charge is -2.15. The van der Waals surface area contributed by atoms with Crippen molar-refractivity contribution in [1.29, 1.82) is 0 Å². The highest BCUT2D eigenvalue weighted by atomic mass is 16.5. The van der Waals surface area contributed by atoms with Crippen LogP contribution in [0.15, 0.2) is 18.2 Å². The normalized spacial score (nSPS) is 14.7. The van der Waals surface area contributed by atoms with E-state index in [1.54, 1.807) is 6.92 Å². The molecular formula is C12H19NO2. The van der Waals surface area contributed by atoms with Gasteiger partial charge in [0.15, 0.2) is 0 Å². The molecule has 0 aromatic heterocycles. The Morgan fingerprint density at radius 2 is 2.07 bits per heavy atom. The van der Waals surface area contributed by atoms with Gasteiger partial charge in [0.1, 0.15) is 12.4 Å². The van der Waals surface area contributed by atoms with Gasteiger partial charge in [0, 0.05) is 11.6 Å². The summed E-state index contributed by atoms with van der Waals surface area (Å²) in [6.45, 7) is 5.93. The van der Waals surface area contributed by atoms with Crippen LogP contribution in [0.5, 0.6) is 5.75 Å². The molecule has 3 heteroatoms. The second kappa shape index (κ2) is 5.14. The molecule has 0 amide bonds. The fourth-order valence-electron chi connectivity index (χ4n) is 1.37. The number of aliphatic hydroxyl groups excluding tert-OH is 1. The van der Waals surface area contributed by atoms with E-state index in [1.165, 1.54) is 0 Å². The summed E-state index contributed by atoms with van der Waals surface area (Å²) in [5, 5.41) is 9.14. The predicted octanol–water partition coefficient (Wildman–Crippen LogP) is 1.77. The van der Waals surface area contributed by atoms with Gasteiger partial charge in [-0.25, -0.2) is 0 Å². The van der Waals surface area contributed by atoms with Crippen molar-refractivity contribution in [3.05, 3.63) is 29.3 Å². The van der Waals surface area contributed by atoms with E-state index in [9.17, 15) is 0 Å². The SMILES string of the molecule is Cc1ccc(OCC(C)O)c(C(C)N)c1. The number of benzene rings is 1. The van der Waals surface area contributed by atoms with Gasteiger partial charge >= 0.3 is 0 Å². The van der Waals surface area contributed by atoms with E-state index in [-0.39, 0.29) is 6.04 Å². The van der Waals surface area contributed by atoms with E-state index in [0.29, 0.717) is 6.61 Å². The minimum absolute atomic E-state index is 0.0612. The topological polar surface area (TPSA) is 55.5 Å². The molecule has 0 saturated carbocycles. The van der Waals surface area contributed by atoms with Gasteiger partial charge in [0.2, 0.25) is 0 Å². The van der Waals surface area contributed by atoms with Crippen molar-refractivity contribution in [3.63, 3.8) is 0 Å². The van der Waals surface area contributed by atoms with Crippen molar-refractivity contribution in [2.24, 2.45) is 5.73 Å². The van der Waals surface area contributed by atoms with Gasteiger partial charge in [-0.05, 0) is 26.8 Å². The molecule has 3 N–H and O–H groups in total. The Morgan fingerprint density at radius 1 is 1.40 bits per heavy atom. The average molecular weight is 209 g/mol. The third-order valence-corrected chi connectivity index (χ3v) is 2.14. The first kappa shape index (κ1) is 12.0. The first-order chi connectivity index (χ1) is 7.00. The van der Waals surface area contributed by atoms with Crippen molar-refractivity contribution >= 4 is 0 Å². The fraction of sp³-hybridized carbons (Fsp3) is 0.500. The highest BCUT2D eigenvalue weighted by molar-refractivity contribution is 5.38. The van der Waals surface area contributed by atoms with E-state index in [4.69, 9.17) is 15.6 Å². The standard InChI is InChI=1S/C12H19NO2/c1-8-4-5-12(15-7-9(2)14)11(6-8)10(3)13/h4-6,9-10,14H,7,13H2,1-3H3. The van der Waals surface area contributed by atoms with Crippen LogP contribution in [0.4, 0.5) is 0 Å². The minimum atomic E-state index is -0.466. The molecule has 2 unspecified atom stereocenters. The molecule has 0 bridgehead atoms. The summed E-state index contributed by atoms with van der Waals surface area (Å²) in [6, 6.07) is 5.83. The fourth-order valence-corrected chi connectivity index (χ4v) is 1.37. The maximum Gasteiger partial charge on any atom is 0.124 e. The van der Waals surface area contributed by atoms with E-state index in [2.05, 4.69) is 0 Å². The third kappa shape index (κ3) is 3.53. The molecule has 0 saturated heterocycles. The number of aryl methyl sites for hydroxylation is 1. The van der Waals surface area contributed by atoms with Crippen LogP contribution in [0.2, 0.25) is 0 Å². The van der Waals surface area contributed by atoms with Crippen molar-refractivity contribution in [2.75, 3.05) is 6.61 Å². The molecule has 1 aromatic carbocycles. The summed E-state index contributed by atoms with van der Waals surface area (Å²) < 4.78 is 5.48. The molecule has 0 aliphatic carbocycles. The Morgan fingerprint density at radius 3 is 2.60 bits per heavy atom. The van der Waals surface area contributed by atoms with Crippen LogP contribution < -0.4 is 10.5 Å². The number of nitrogens with two attached hydrogens (primary N) is 1. The number of rotatable bonds is 4. The molecule has 0 aliphatic heterocycles. The summed E-state index contributed by atoms with van der Waals surface area (Å²) in [4.78, 5) is 0. The quantitative estimate of drug-likeness (QED) is 0.794. The van der Waals surface area contributed by atoms with Crippen LogP contribution in [-0.4, -0.2) is 17.8 Å². The summed E-state index contributed by atoms with van der Waals surface area (Å²) in [5.74, 6) is 0.761. The lowest BCUT2D eigenvalue weighted by atomic mass is 10.1. The molecule has 1 rings (SSSR count). The van der Waals surface area contributed by atoms with Crippen LogP contribution in [-0.2, 0) is 0 Å². The Bertz CT molecular complexity index is 321. The lowest BCUT2D eigenvalue weighted by molar-refractivity contribution is 0.122. The van der Waals surface area contributed by atoms with Crippen molar-refractivity contribution < 1.29 is 9.84 Å². The molecule has 1 aromatic rings. The molecule has 0 spiro atoms. The molecule has 15 heavy (non-hydrogen) atoms. The maximum absolute atomic E-state index is 9.14. The van der Waals surface area contributed by atoms with Gasteiger partial charge in [-0.3, -0.25) is 0 Å². The van der Waals surface area contributed by atoms with Crippen LogP contribution in [0.3, 0.4) is 0 Å². The molecule has 0 radical (unpaired) electrons. The summed E-state index contributed by atoms with van der Waals surface area (Å²) in [7, 11) is 0. The van der Waals surface area contributed by atoms with E-state index in [1.807, 2.05) is 32.0 Å². The predicted molar refractivity (Wildman–Crippen MR) is 61.0 cm³/mol. The Labute approximate surface area is 90.9 Å². The number of ether oxygens (including phenoxy) is 1. The van der Waals surface area contributed by atoms with Gasteiger partial charge in [0.05, 0.1) is 6.10 Å². The molecule has 0 aliphatic rings. The molecule has 3 nitrogen and oxygen atoms in total. The largest absolute Gasteiger partial charge is 0.491 e. The van der Waals surface area contributed by atoms with E-state index < -0.39 is 6.10 Å². The van der Waals surface area contributed by atoms with Crippen LogP contribution in [0, 0.1) is 6.92 Å². The Balaban J connectivity index is 2.86. The van der Waals surface area contributed by atoms with Gasteiger partial charge in [-0.1, -0.05) is 17.7 Å². The highest BCUT2D eigenvalue weighted by Crippen LogP contribution is 2.25. The monoisotopic (exact) mass is 209 g/mol. The first-order valence-electron chi connectivity index (χ1n) is 5.17. The van der Waals surface area contributed by atoms with Crippen LogP contribution in [0.25, 0.3) is 0 Å².